The zero-order valence-corrected chi connectivity index (χ0v) is 10.6. The lowest BCUT2D eigenvalue weighted by Gasteiger charge is -2.28. The Morgan fingerprint density at radius 3 is 2.94 bits per heavy atom. The summed E-state index contributed by atoms with van der Waals surface area (Å²) in [6.07, 6.45) is 7.12. The number of rotatable bonds is 3. The molecule has 1 aromatic rings. The van der Waals surface area contributed by atoms with E-state index in [1.807, 2.05) is 4.68 Å². The summed E-state index contributed by atoms with van der Waals surface area (Å²) < 4.78 is 2.04. The summed E-state index contributed by atoms with van der Waals surface area (Å²) in [5, 5.41) is 8.26. The Labute approximate surface area is 98.2 Å². The summed E-state index contributed by atoms with van der Waals surface area (Å²) in [5.74, 6) is 0. The summed E-state index contributed by atoms with van der Waals surface area (Å²) in [4.78, 5) is 0. The van der Waals surface area contributed by atoms with Crippen molar-refractivity contribution in [1.82, 2.24) is 15.1 Å². The highest BCUT2D eigenvalue weighted by atomic mass is 15.3. The van der Waals surface area contributed by atoms with Crippen molar-refractivity contribution in [3.8, 4) is 0 Å². The molecule has 1 fully saturated rings. The molecule has 2 rings (SSSR count). The van der Waals surface area contributed by atoms with Crippen LogP contribution in [0.5, 0.6) is 0 Å². The monoisotopic (exact) mass is 221 g/mol. The molecule has 0 aliphatic carbocycles. The first-order chi connectivity index (χ1) is 7.65. The predicted octanol–water partition coefficient (Wildman–Crippen LogP) is 2.54. The lowest BCUT2D eigenvalue weighted by Crippen LogP contribution is -2.41. The fourth-order valence-corrected chi connectivity index (χ4v) is 2.43. The maximum atomic E-state index is 4.61. The molecular weight excluding hydrogens is 198 g/mol. The minimum absolute atomic E-state index is 0.465. The van der Waals surface area contributed by atoms with Crippen molar-refractivity contribution in [3.63, 3.8) is 0 Å². The van der Waals surface area contributed by atoms with Crippen LogP contribution in [0, 0.1) is 0 Å². The van der Waals surface area contributed by atoms with Gasteiger partial charge in [0.25, 0.3) is 0 Å². The number of aromatic nitrogens is 2. The van der Waals surface area contributed by atoms with Crippen LogP contribution in [0.4, 0.5) is 0 Å². The van der Waals surface area contributed by atoms with Crippen molar-refractivity contribution in [1.29, 1.82) is 0 Å². The van der Waals surface area contributed by atoms with Crippen LogP contribution in [-0.2, 0) is 6.42 Å². The fraction of sp³-hybridized carbons (Fsp3) is 0.769. The Morgan fingerprint density at radius 1 is 1.50 bits per heavy atom. The largest absolute Gasteiger partial charge is 0.311 e. The number of piperidine rings is 1. The lowest BCUT2D eigenvalue weighted by atomic mass is 9.96. The fourth-order valence-electron chi connectivity index (χ4n) is 2.43. The first kappa shape index (κ1) is 11.6. The molecule has 0 amide bonds. The SMILES string of the molecule is CC1CCCC(Cc2ccn(C(C)C)n2)N1. The highest BCUT2D eigenvalue weighted by Gasteiger charge is 2.18. The summed E-state index contributed by atoms with van der Waals surface area (Å²) in [5.41, 5.74) is 1.22. The van der Waals surface area contributed by atoms with Gasteiger partial charge in [-0.3, -0.25) is 4.68 Å². The predicted molar refractivity (Wildman–Crippen MR) is 66.6 cm³/mol. The molecule has 0 saturated carbocycles. The Bertz CT molecular complexity index is 330. The van der Waals surface area contributed by atoms with E-state index >= 15 is 0 Å². The smallest absolute Gasteiger partial charge is 0.0640 e. The Morgan fingerprint density at radius 2 is 2.31 bits per heavy atom. The number of nitrogens with zero attached hydrogens (tertiary/aromatic N) is 2. The molecule has 3 heteroatoms. The van der Waals surface area contributed by atoms with Gasteiger partial charge >= 0.3 is 0 Å². The first-order valence-electron chi connectivity index (χ1n) is 6.45. The van der Waals surface area contributed by atoms with Crippen LogP contribution in [0.3, 0.4) is 0 Å². The summed E-state index contributed by atoms with van der Waals surface area (Å²) in [6.45, 7) is 6.61. The molecule has 1 aliphatic rings. The molecule has 2 unspecified atom stereocenters. The zero-order chi connectivity index (χ0) is 11.5. The quantitative estimate of drug-likeness (QED) is 0.850. The second-order valence-corrected chi connectivity index (χ2v) is 5.28. The third-order valence-corrected chi connectivity index (χ3v) is 3.36. The maximum absolute atomic E-state index is 4.61. The Balaban J connectivity index is 1.92. The number of nitrogens with one attached hydrogen (secondary N) is 1. The van der Waals surface area contributed by atoms with Crippen molar-refractivity contribution in [2.75, 3.05) is 0 Å². The van der Waals surface area contributed by atoms with Crippen molar-refractivity contribution in [2.24, 2.45) is 0 Å². The van der Waals surface area contributed by atoms with E-state index < -0.39 is 0 Å². The van der Waals surface area contributed by atoms with Crippen LogP contribution in [0.1, 0.15) is 51.8 Å². The second-order valence-electron chi connectivity index (χ2n) is 5.28. The molecule has 16 heavy (non-hydrogen) atoms. The lowest BCUT2D eigenvalue weighted by molar-refractivity contribution is 0.331. The minimum atomic E-state index is 0.465. The van der Waals surface area contributed by atoms with Crippen molar-refractivity contribution in [3.05, 3.63) is 18.0 Å². The number of hydrogen-bond donors (Lipinski definition) is 1. The van der Waals surface area contributed by atoms with Gasteiger partial charge in [-0.1, -0.05) is 6.42 Å². The van der Waals surface area contributed by atoms with Crippen molar-refractivity contribution >= 4 is 0 Å². The van der Waals surface area contributed by atoms with Crippen LogP contribution in [0.25, 0.3) is 0 Å². The molecule has 1 aromatic heterocycles. The summed E-state index contributed by atoms with van der Waals surface area (Å²) in [6, 6.07) is 3.92. The average Bonchev–Trinajstić information content (AvgIpc) is 2.66. The van der Waals surface area contributed by atoms with Gasteiger partial charge < -0.3 is 5.32 Å². The van der Waals surface area contributed by atoms with Gasteiger partial charge in [-0.25, -0.2) is 0 Å². The third-order valence-electron chi connectivity index (χ3n) is 3.36. The first-order valence-corrected chi connectivity index (χ1v) is 6.45. The van der Waals surface area contributed by atoms with E-state index in [-0.39, 0.29) is 0 Å². The summed E-state index contributed by atoms with van der Waals surface area (Å²) in [7, 11) is 0. The molecule has 0 aromatic carbocycles. The zero-order valence-electron chi connectivity index (χ0n) is 10.6. The molecular formula is C13H23N3. The standard InChI is InChI=1S/C13H23N3/c1-10(2)16-8-7-13(15-16)9-12-6-4-5-11(3)14-12/h7-8,10-12,14H,4-6,9H2,1-3H3. The van der Waals surface area contributed by atoms with Gasteiger partial charge in [-0.15, -0.1) is 0 Å². The molecule has 2 atom stereocenters. The highest BCUT2D eigenvalue weighted by Crippen LogP contribution is 2.16. The molecule has 0 spiro atoms. The average molecular weight is 221 g/mol. The van der Waals surface area contributed by atoms with E-state index in [9.17, 15) is 0 Å². The van der Waals surface area contributed by atoms with Crippen LogP contribution in [-0.4, -0.2) is 21.9 Å². The van der Waals surface area contributed by atoms with Gasteiger partial charge in [-0.05, 0) is 39.7 Å². The highest BCUT2D eigenvalue weighted by molar-refractivity contribution is 5.02. The molecule has 0 bridgehead atoms. The van der Waals surface area contributed by atoms with Gasteiger partial charge in [0.2, 0.25) is 0 Å². The number of hydrogen-bond acceptors (Lipinski definition) is 2. The van der Waals surface area contributed by atoms with Gasteiger partial charge in [0.1, 0.15) is 0 Å². The topological polar surface area (TPSA) is 29.9 Å². The Hall–Kier alpha value is -0.830. The van der Waals surface area contributed by atoms with Gasteiger partial charge in [0.15, 0.2) is 0 Å². The van der Waals surface area contributed by atoms with E-state index in [2.05, 4.69) is 43.4 Å². The van der Waals surface area contributed by atoms with E-state index in [0.717, 1.165) is 6.42 Å². The molecule has 1 saturated heterocycles. The minimum Gasteiger partial charge on any atom is -0.311 e. The summed E-state index contributed by atoms with van der Waals surface area (Å²) >= 11 is 0. The normalized spacial score (nSPS) is 26.2. The van der Waals surface area contributed by atoms with E-state index in [4.69, 9.17) is 0 Å². The third kappa shape index (κ3) is 2.85. The van der Waals surface area contributed by atoms with Crippen LogP contribution in [0.2, 0.25) is 0 Å². The Kier molecular flexibility index (Phi) is 3.64. The molecule has 2 heterocycles. The molecule has 90 valence electrons. The van der Waals surface area contributed by atoms with E-state index in [1.54, 1.807) is 0 Å². The molecule has 3 nitrogen and oxygen atoms in total. The second kappa shape index (κ2) is 5.00. The molecule has 1 N–H and O–H groups in total. The van der Waals surface area contributed by atoms with E-state index in [1.165, 1.54) is 25.0 Å². The van der Waals surface area contributed by atoms with Crippen molar-refractivity contribution in [2.45, 2.75) is 64.6 Å². The van der Waals surface area contributed by atoms with Crippen LogP contribution in [0.15, 0.2) is 12.3 Å². The molecule has 0 radical (unpaired) electrons. The van der Waals surface area contributed by atoms with Crippen LogP contribution < -0.4 is 5.32 Å². The molecule has 1 aliphatic heterocycles. The maximum Gasteiger partial charge on any atom is 0.0640 e. The van der Waals surface area contributed by atoms with Gasteiger partial charge in [-0.2, -0.15) is 5.10 Å². The van der Waals surface area contributed by atoms with Crippen LogP contribution >= 0.6 is 0 Å². The van der Waals surface area contributed by atoms with Gasteiger partial charge in [0.05, 0.1) is 5.69 Å². The van der Waals surface area contributed by atoms with Crippen molar-refractivity contribution < 1.29 is 0 Å². The van der Waals surface area contributed by atoms with Gasteiger partial charge in [0, 0.05) is 30.7 Å². The van der Waals surface area contributed by atoms with E-state index in [0.29, 0.717) is 18.1 Å².